The molecule has 2 aromatic rings. The summed E-state index contributed by atoms with van der Waals surface area (Å²) in [6, 6.07) is 13.0. The molecule has 1 aliphatic rings. The SMILES string of the molecule is Cc1ccccc1-c1ccc(N2C(=N)C(=O)NC2=O)cc1C. The number of urea groups is 1. The van der Waals surface area contributed by atoms with Crippen molar-refractivity contribution in [1.29, 1.82) is 5.41 Å². The Morgan fingerprint density at radius 1 is 0.955 bits per heavy atom. The molecule has 0 aliphatic carbocycles. The smallest absolute Gasteiger partial charge is 0.279 e. The first-order valence-electron chi connectivity index (χ1n) is 6.89. The van der Waals surface area contributed by atoms with Gasteiger partial charge in [0.15, 0.2) is 0 Å². The summed E-state index contributed by atoms with van der Waals surface area (Å²) in [4.78, 5) is 24.2. The Bertz CT molecular complexity index is 811. The Balaban J connectivity index is 2.04. The molecule has 1 heterocycles. The lowest BCUT2D eigenvalue weighted by molar-refractivity contribution is -0.113. The van der Waals surface area contributed by atoms with Gasteiger partial charge in [0, 0.05) is 0 Å². The second-order valence-corrected chi connectivity index (χ2v) is 5.26. The molecule has 1 saturated heterocycles. The summed E-state index contributed by atoms with van der Waals surface area (Å²) in [7, 11) is 0. The Morgan fingerprint density at radius 2 is 1.64 bits per heavy atom. The number of amidine groups is 1. The van der Waals surface area contributed by atoms with Crippen molar-refractivity contribution in [3.8, 4) is 11.1 Å². The number of nitrogens with one attached hydrogen (secondary N) is 2. The fourth-order valence-electron chi connectivity index (χ4n) is 2.63. The highest BCUT2D eigenvalue weighted by atomic mass is 16.2. The predicted octanol–water partition coefficient (Wildman–Crippen LogP) is 3.00. The van der Waals surface area contributed by atoms with Crippen LogP contribution >= 0.6 is 0 Å². The first-order chi connectivity index (χ1) is 10.5. The minimum Gasteiger partial charge on any atom is -0.279 e. The molecule has 2 aromatic carbocycles. The van der Waals surface area contributed by atoms with Crippen LogP contribution in [-0.2, 0) is 4.79 Å². The van der Waals surface area contributed by atoms with Crippen LogP contribution < -0.4 is 10.2 Å². The van der Waals surface area contributed by atoms with E-state index in [1.165, 1.54) is 5.56 Å². The molecule has 1 fully saturated rings. The minimum absolute atomic E-state index is 0.354. The first-order valence-corrected chi connectivity index (χ1v) is 6.89. The number of amides is 3. The summed E-state index contributed by atoms with van der Waals surface area (Å²) < 4.78 is 0. The van der Waals surface area contributed by atoms with Crippen LogP contribution in [-0.4, -0.2) is 17.8 Å². The number of hydrogen-bond donors (Lipinski definition) is 2. The molecule has 22 heavy (non-hydrogen) atoms. The Labute approximate surface area is 128 Å². The molecule has 5 heteroatoms. The largest absolute Gasteiger partial charge is 0.334 e. The van der Waals surface area contributed by atoms with Gasteiger partial charge in [-0.05, 0) is 48.2 Å². The van der Waals surface area contributed by atoms with Crippen molar-refractivity contribution in [2.24, 2.45) is 0 Å². The van der Waals surface area contributed by atoms with Crippen molar-refractivity contribution in [1.82, 2.24) is 5.32 Å². The van der Waals surface area contributed by atoms with E-state index in [2.05, 4.69) is 5.32 Å². The number of carbonyl (C=O) groups is 2. The zero-order valence-electron chi connectivity index (χ0n) is 12.3. The van der Waals surface area contributed by atoms with E-state index in [0.717, 1.165) is 21.6 Å². The van der Waals surface area contributed by atoms with Gasteiger partial charge in [-0.25, -0.2) is 9.69 Å². The number of carbonyl (C=O) groups excluding carboxylic acids is 2. The van der Waals surface area contributed by atoms with Crippen LogP contribution in [0.15, 0.2) is 42.5 Å². The third kappa shape index (κ3) is 2.16. The molecule has 0 atom stereocenters. The van der Waals surface area contributed by atoms with Crippen molar-refractivity contribution < 1.29 is 9.59 Å². The Hall–Kier alpha value is -2.95. The van der Waals surface area contributed by atoms with E-state index in [4.69, 9.17) is 5.41 Å². The lowest BCUT2D eigenvalue weighted by Gasteiger charge is -2.16. The third-order valence-corrected chi connectivity index (χ3v) is 3.77. The summed E-state index contributed by atoms with van der Waals surface area (Å²) in [6.45, 7) is 4.00. The fraction of sp³-hybridized carbons (Fsp3) is 0.118. The van der Waals surface area contributed by atoms with Gasteiger partial charge in [-0.1, -0.05) is 30.3 Å². The van der Waals surface area contributed by atoms with Crippen LogP contribution in [0, 0.1) is 19.3 Å². The molecule has 0 unspecified atom stereocenters. The topological polar surface area (TPSA) is 73.3 Å². The van der Waals surface area contributed by atoms with Gasteiger partial charge in [0.1, 0.15) is 0 Å². The van der Waals surface area contributed by atoms with Crippen LogP contribution in [0.1, 0.15) is 11.1 Å². The second-order valence-electron chi connectivity index (χ2n) is 5.26. The van der Waals surface area contributed by atoms with E-state index in [9.17, 15) is 9.59 Å². The number of hydrogen-bond acceptors (Lipinski definition) is 3. The molecule has 3 amide bonds. The number of imide groups is 1. The van der Waals surface area contributed by atoms with E-state index >= 15 is 0 Å². The van der Waals surface area contributed by atoms with Crippen molar-refractivity contribution >= 4 is 23.5 Å². The Kier molecular flexibility index (Phi) is 3.25. The van der Waals surface area contributed by atoms with Crippen molar-refractivity contribution in [2.75, 3.05) is 4.90 Å². The average Bonchev–Trinajstić information content (AvgIpc) is 2.73. The van der Waals surface area contributed by atoms with E-state index in [1.807, 2.05) is 50.2 Å². The van der Waals surface area contributed by atoms with Crippen molar-refractivity contribution in [3.63, 3.8) is 0 Å². The zero-order valence-corrected chi connectivity index (χ0v) is 12.3. The standard InChI is InChI=1S/C17H15N3O2/c1-10-5-3-4-6-13(10)14-8-7-12(9-11(14)2)20-15(18)16(21)19-17(20)22/h3-9,18H,1-2H3,(H,19,21,22). The summed E-state index contributed by atoms with van der Waals surface area (Å²) in [5, 5.41) is 9.81. The molecular formula is C17H15N3O2. The monoisotopic (exact) mass is 293 g/mol. The molecule has 0 saturated carbocycles. The molecule has 3 rings (SSSR count). The zero-order chi connectivity index (χ0) is 15.9. The van der Waals surface area contributed by atoms with Gasteiger partial charge >= 0.3 is 6.03 Å². The van der Waals surface area contributed by atoms with Gasteiger partial charge in [0.05, 0.1) is 5.69 Å². The number of benzene rings is 2. The van der Waals surface area contributed by atoms with Gasteiger partial charge in [-0.3, -0.25) is 15.5 Å². The van der Waals surface area contributed by atoms with Crippen LogP contribution in [0.3, 0.4) is 0 Å². The van der Waals surface area contributed by atoms with Crippen LogP contribution in [0.4, 0.5) is 10.5 Å². The molecule has 1 aliphatic heterocycles. The highest BCUT2D eigenvalue weighted by molar-refractivity contribution is 6.54. The maximum atomic E-state index is 11.8. The van der Waals surface area contributed by atoms with E-state index < -0.39 is 11.9 Å². The first kappa shape index (κ1) is 14.0. The van der Waals surface area contributed by atoms with E-state index in [1.54, 1.807) is 6.07 Å². The van der Waals surface area contributed by atoms with E-state index in [-0.39, 0.29) is 5.84 Å². The number of aryl methyl sites for hydroxylation is 2. The second kappa shape index (κ2) is 5.11. The molecule has 0 aromatic heterocycles. The van der Waals surface area contributed by atoms with Gasteiger partial charge in [-0.15, -0.1) is 0 Å². The lowest BCUT2D eigenvalue weighted by Crippen LogP contribution is -2.30. The molecule has 0 radical (unpaired) electrons. The molecule has 110 valence electrons. The van der Waals surface area contributed by atoms with Crippen LogP contribution in [0.5, 0.6) is 0 Å². The molecule has 0 spiro atoms. The van der Waals surface area contributed by atoms with Gasteiger partial charge in [0.25, 0.3) is 5.91 Å². The summed E-state index contributed by atoms with van der Waals surface area (Å²) in [5.74, 6) is -1.03. The quantitative estimate of drug-likeness (QED) is 0.835. The van der Waals surface area contributed by atoms with Crippen LogP contribution in [0.25, 0.3) is 11.1 Å². The lowest BCUT2D eigenvalue weighted by atomic mass is 9.96. The molecule has 2 N–H and O–H groups in total. The number of anilines is 1. The third-order valence-electron chi connectivity index (χ3n) is 3.77. The summed E-state index contributed by atoms with van der Waals surface area (Å²) >= 11 is 0. The highest BCUT2D eigenvalue weighted by Crippen LogP contribution is 2.30. The molecular weight excluding hydrogens is 278 g/mol. The normalized spacial score (nSPS) is 14.5. The van der Waals surface area contributed by atoms with Gasteiger partial charge in [-0.2, -0.15) is 0 Å². The van der Waals surface area contributed by atoms with Gasteiger partial charge in [0.2, 0.25) is 5.84 Å². The highest BCUT2D eigenvalue weighted by Gasteiger charge is 2.34. The van der Waals surface area contributed by atoms with Crippen LogP contribution in [0.2, 0.25) is 0 Å². The van der Waals surface area contributed by atoms with Crippen molar-refractivity contribution in [2.45, 2.75) is 13.8 Å². The fourth-order valence-corrected chi connectivity index (χ4v) is 2.63. The van der Waals surface area contributed by atoms with E-state index in [0.29, 0.717) is 5.69 Å². The maximum absolute atomic E-state index is 11.8. The van der Waals surface area contributed by atoms with Crippen molar-refractivity contribution in [3.05, 3.63) is 53.6 Å². The molecule has 0 bridgehead atoms. The van der Waals surface area contributed by atoms with Gasteiger partial charge < -0.3 is 0 Å². The minimum atomic E-state index is -0.675. The summed E-state index contributed by atoms with van der Waals surface area (Å²) in [6.07, 6.45) is 0. The number of rotatable bonds is 2. The summed E-state index contributed by atoms with van der Waals surface area (Å²) in [5.41, 5.74) is 4.86. The maximum Gasteiger partial charge on any atom is 0.334 e. The molecule has 5 nitrogen and oxygen atoms in total. The predicted molar refractivity (Wildman–Crippen MR) is 85.1 cm³/mol. The Morgan fingerprint density at radius 3 is 2.23 bits per heavy atom. The average molecular weight is 293 g/mol. The number of nitrogens with zero attached hydrogens (tertiary/aromatic N) is 1.